The molecule has 1 amide bonds. The molecular formula is C8H11F3N2O. The van der Waals surface area contributed by atoms with Crippen LogP contribution in [0.5, 0.6) is 0 Å². The fraction of sp³-hybridized carbons (Fsp3) is 0.875. The Hall–Kier alpha value is -0.780. The fourth-order valence-corrected chi connectivity index (χ4v) is 1.94. The first-order valence-electron chi connectivity index (χ1n) is 4.52. The second-order valence-electron chi connectivity index (χ2n) is 4.02. The Balaban J connectivity index is 1.95. The van der Waals surface area contributed by atoms with E-state index >= 15 is 0 Å². The van der Waals surface area contributed by atoms with E-state index in [4.69, 9.17) is 0 Å². The van der Waals surface area contributed by atoms with Gasteiger partial charge in [0.15, 0.2) is 0 Å². The highest BCUT2D eigenvalue weighted by Crippen LogP contribution is 2.50. The molecule has 1 aliphatic carbocycles. The molecule has 1 aliphatic heterocycles. The third kappa shape index (κ3) is 1.58. The number of hydrogen-bond acceptors (Lipinski definition) is 2. The van der Waals surface area contributed by atoms with Crippen LogP contribution in [0.1, 0.15) is 12.8 Å². The Bertz CT molecular complexity index is 260. The molecule has 1 heterocycles. The molecular weight excluding hydrogens is 197 g/mol. The lowest BCUT2D eigenvalue weighted by atomic mass is 10.0. The minimum Gasteiger partial charge on any atom is -0.344 e. The number of halogens is 3. The summed E-state index contributed by atoms with van der Waals surface area (Å²) in [6, 6.07) is -0.350. The Morgan fingerprint density at radius 1 is 1.43 bits per heavy atom. The zero-order valence-corrected chi connectivity index (χ0v) is 7.45. The summed E-state index contributed by atoms with van der Waals surface area (Å²) in [6.45, 7) is 1.16. The highest BCUT2D eigenvalue weighted by molar-refractivity contribution is 5.82. The Morgan fingerprint density at radius 3 is 2.57 bits per heavy atom. The van der Waals surface area contributed by atoms with Gasteiger partial charge in [-0.25, -0.2) is 0 Å². The van der Waals surface area contributed by atoms with Crippen molar-refractivity contribution in [1.82, 2.24) is 10.6 Å². The van der Waals surface area contributed by atoms with E-state index in [1.807, 2.05) is 5.32 Å². The summed E-state index contributed by atoms with van der Waals surface area (Å²) in [4.78, 5) is 10.7. The van der Waals surface area contributed by atoms with Gasteiger partial charge in [-0.05, 0) is 12.8 Å². The number of carbonyl (C=O) groups is 1. The van der Waals surface area contributed by atoms with Gasteiger partial charge < -0.3 is 10.6 Å². The van der Waals surface area contributed by atoms with Gasteiger partial charge in [-0.3, -0.25) is 4.79 Å². The topological polar surface area (TPSA) is 41.1 Å². The zero-order valence-electron chi connectivity index (χ0n) is 7.45. The van der Waals surface area contributed by atoms with E-state index in [1.54, 1.807) is 0 Å². The van der Waals surface area contributed by atoms with Crippen LogP contribution in [-0.4, -0.2) is 31.2 Å². The molecule has 1 spiro atoms. The summed E-state index contributed by atoms with van der Waals surface area (Å²) in [5.74, 6) is -1.82. The van der Waals surface area contributed by atoms with Gasteiger partial charge in [0.25, 0.3) is 0 Å². The maximum absolute atomic E-state index is 11.9. The van der Waals surface area contributed by atoms with Crippen LogP contribution in [0.2, 0.25) is 0 Å². The molecule has 2 aliphatic rings. The molecule has 0 aromatic carbocycles. The van der Waals surface area contributed by atoms with Gasteiger partial charge in [-0.15, -0.1) is 0 Å². The fourth-order valence-electron chi connectivity index (χ4n) is 1.94. The van der Waals surface area contributed by atoms with Crippen LogP contribution in [-0.2, 0) is 4.79 Å². The maximum Gasteiger partial charge on any atom is 0.471 e. The monoisotopic (exact) mass is 208 g/mol. The zero-order chi connectivity index (χ0) is 10.4. The Kier molecular flexibility index (Phi) is 1.99. The van der Waals surface area contributed by atoms with Crippen molar-refractivity contribution < 1.29 is 18.0 Å². The van der Waals surface area contributed by atoms with Gasteiger partial charge in [-0.2, -0.15) is 13.2 Å². The number of rotatable bonds is 1. The summed E-state index contributed by atoms with van der Waals surface area (Å²) >= 11 is 0. The number of amides is 1. The van der Waals surface area contributed by atoms with E-state index in [1.165, 1.54) is 0 Å². The predicted molar refractivity (Wildman–Crippen MR) is 42.5 cm³/mol. The van der Waals surface area contributed by atoms with Crippen LogP contribution in [0, 0.1) is 5.41 Å². The lowest BCUT2D eigenvalue weighted by Crippen LogP contribution is -2.47. The number of hydrogen-bond donors (Lipinski definition) is 2. The van der Waals surface area contributed by atoms with Crippen molar-refractivity contribution in [2.45, 2.75) is 25.1 Å². The summed E-state index contributed by atoms with van der Waals surface area (Å²) in [5, 5.41) is 5.04. The third-order valence-corrected chi connectivity index (χ3v) is 3.02. The maximum atomic E-state index is 11.9. The molecule has 2 N–H and O–H groups in total. The van der Waals surface area contributed by atoms with Crippen molar-refractivity contribution in [2.24, 2.45) is 5.41 Å². The van der Waals surface area contributed by atoms with E-state index in [0.29, 0.717) is 6.54 Å². The van der Waals surface area contributed by atoms with Crippen molar-refractivity contribution in [3.63, 3.8) is 0 Å². The molecule has 3 nitrogen and oxygen atoms in total. The SMILES string of the molecule is O=C(N[C@H]1CNCC12CC2)C(F)(F)F. The largest absolute Gasteiger partial charge is 0.471 e. The lowest BCUT2D eigenvalue weighted by Gasteiger charge is -2.19. The van der Waals surface area contributed by atoms with Gasteiger partial charge in [0, 0.05) is 24.5 Å². The van der Waals surface area contributed by atoms with E-state index in [9.17, 15) is 18.0 Å². The Morgan fingerprint density at radius 2 is 2.07 bits per heavy atom. The van der Waals surface area contributed by atoms with Crippen molar-refractivity contribution in [2.75, 3.05) is 13.1 Å². The van der Waals surface area contributed by atoms with E-state index in [-0.39, 0.29) is 11.5 Å². The highest BCUT2D eigenvalue weighted by Gasteiger charge is 2.54. The van der Waals surface area contributed by atoms with Crippen LogP contribution in [0.25, 0.3) is 0 Å². The van der Waals surface area contributed by atoms with Crippen LogP contribution in [0.15, 0.2) is 0 Å². The molecule has 14 heavy (non-hydrogen) atoms. The molecule has 0 radical (unpaired) electrons. The summed E-state index contributed by atoms with van der Waals surface area (Å²) in [7, 11) is 0. The highest BCUT2D eigenvalue weighted by atomic mass is 19.4. The minimum absolute atomic E-state index is 0.0824. The van der Waals surface area contributed by atoms with Crippen LogP contribution < -0.4 is 10.6 Å². The van der Waals surface area contributed by atoms with E-state index in [0.717, 1.165) is 19.4 Å². The van der Waals surface area contributed by atoms with Gasteiger partial charge in [0.05, 0.1) is 0 Å². The predicted octanol–water partition coefficient (Wildman–Crippen LogP) is 0.417. The van der Waals surface area contributed by atoms with Gasteiger partial charge in [0.2, 0.25) is 0 Å². The standard InChI is InChI=1S/C8H11F3N2O/c9-8(10,11)6(14)13-5-3-12-4-7(5)1-2-7/h5,12H,1-4H2,(H,13,14)/t5-/m0/s1. The average Bonchev–Trinajstić information content (AvgIpc) is 2.71. The summed E-state index contributed by atoms with van der Waals surface area (Å²) < 4.78 is 35.8. The molecule has 1 saturated carbocycles. The van der Waals surface area contributed by atoms with Crippen LogP contribution >= 0.6 is 0 Å². The molecule has 0 aromatic heterocycles. The molecule has 0 bridgehead atoms. The normalized spacial score (nSPS) is 29.2. The van der Waals surface area contributed by atoms with Gasteiger partial charge >= 0.3 is 12.1 Å². The molecule has 1 atom stereocenters. The van der Waals surface area contributed by atoms with Crippen molar-refractivity contribution in [1.29, 1.82) is 0 Å². The molecule has 80 valence electrons. The number of carbonyl (C=O) groups excluding carboxylic acids is 1. The van der Waals surface area contributed by atoms with Crippen LogP contribution in [0.3, 0.4) is 0 Å². The lowest BCUT2D eigenvalue weighted by molar-refractivity contribution is -0.174. The second kappa shape index (κ2) is 2.85. The molecule has 1 saturated heterocycles. The smallest absolute Gasteiger partial charge is 0.344 e. The van der Waals surface area contributed by atoms with E-state index in [2.05, 4.69) is 5.32 Å². The van der Waals surface area contributed by atoms with Crippen molar-refractivity contribution in [3.8, 4) is 0 Å². The summed E-state index contributed by atoms with van der Waals surface area (Å²) in [5.41, 5.74) is -0.0824. The number of alkyl halides is 3. The van der Waals surface area contributed by atoms with Crippen LogP contribution in [0.4, 0.5) is 13.2 Å². The van der Waals surface area contributed by atoms with Crippen molar-refractivity contribution >= 4 is 5.91 Å². The van der Waals surface area contributed by atoms with Gasteiger partial charge in [0.1, 0.15) is 0 Å². The average molecular weight is 208 g/mol. The third-order valence-electron chi connectivity index (χ3n) is 3.02. The quantitative estimate of drug-likeness (QED) is 0.655. The van der Waals surface area contributed by atoms with Crippen molar-refractivity contribution in [3.05, 3.63) is 0 Å². The first-order valence-corrected chi connectivity index (χ1v) is 4.52. The molecule has 0 unspecified atom stereocenters. The van der Waals surface area contributed by atoms with E-state index < -0.39 is 12.1 Å². The first-order chi connectivity index (χ1) is 6.44. The Labute approximate surface area is 79.0 Å². The first kappa shape index (κ1) is 9.76. The second-order valence-corrected chi connectivity index (χ2v) is 4.02. The van der Waals surface area contributed by atoms with Gasteiger partial charge in [-0.1, -0.05) is 0 Å². The summed E-state index contributed by atoms with van der Waals surface area (Å²) in [6.07, 6.45) is -2.95. The molecule has 6 heteroatoms. The molecule has 0 aromatic rings. The number of nitrogens with one attached hydrogen (secondary N) is 2. The molecule has 2 fully saturated rings. The molecule has 2 rings (SSSR count). The minimum atomic E-state index is -4.77.